The molecule has 0 aliphatic rings. The molecule has 1 aromatic rings. The lowest BCUT2D eigenvalue weighted by atomic mass is 10.1. The van der Waals surface area contributed by atoms with Crippen molar-refractivity contribution in [2.45, 2.75) is 37.8 Å². The molecule has 160 valence electrons. The Hall–Kier alpha value is -2.36. The molecule has 0 radical (unpaired) electrons. The molecule has 1 rings (SSSR count). The Morgan fingerprint density at radius 3 is 2.66 bits per heavy atom. The van der Waals surface area contributed by atoms with Gasteiger partial charge >= 0.3 is 6.18 Å². The molecule has 1 unspecified atom stereocenters. The van der Waals surface area contributed by atoms with Crippen molar-refractivity contribution in [3.63, 3.8) is 0 Å². The van der Waals surface area contributed by atoms with Crippen molar-refractivity contribution < 1.29 is 17.7 Å². The summed E-state index contributed by atoms with van der Waals surface area (Å²) in [4.78, 5) is 0.262. The molecule has 0 aromatic heterocycles. The van der Waals surface area contributed by atoms with E-state index in [-0.39, 0.29) is 4.90 Å². The number of nitrogens with zero attached hydrogens (tertiary/aromatic N) is 1. The first kappa shape index (κ1) is 24.7. The average molecular weight is 429 g/mol. The van der Waals surface area contributed by atoms with Crippen molar-refractivity contribution in [3.8, 4) is 0 Å². The average Bonchev–Trinajstić information content (AvgIpc) is 2.65. The van der Waals surface area contributed by atoms with Crippen LogP contribution < -0.4 is 21.3 Å². The molecular formula is C20H27F3N4OS. The highest BCUT2D eigenvalue weighted by Crippen LogP contribution is 2.26. The van der Waals surface area contributed by atoms with E-state index in [1.54, 1.807) is 18.3 Å². The van der Waals surface area contributed by atoms with E-state index in [1.165, 1.54) is 23.2 Å². The second-order valence-electron chi connectivity index (χ2n) is 6.62. The standard InChI is InChI=1S/C20H27F3N4OS/c1-4-5-7-16(20(21,22)23)13-26-29(28)19-9-6-8-18(12-19)27(25)14-17(24)11-10-15(2)3/h4-9,12-15,26H,1,10-11,24-25H2,2-3H3/b7-5-,16-13-,17-14-. The van der Waals surface area contributed by atoms with Crippen LogP contribution in [-0.2, 0) is 11.4 Å². The molecule has 29 heavy (non-hydrogen) atoms. The van der Waals surface area contributed by atoms with Gasteiger partial charge in [0.2, 0.25) is 0 Å². The number of hydrogen-bond acceptors (Lipinski definition) is 5. The van der Waals surface area contributed by atoms with Gasteiger partial charge in [0.05, 0.1) is 17.5 Å². The summed E-state index contributed by atoms with van der Waals surface area (Å²) in [6.45, 7) is 7.51. The number of rotatable bonds is 10. The summed E-state index contributed by atoms with van der Waals surface area (Å²) in [5, 5.41) is 1.29. The summed E-state index contributed by atoms with van der Waals surface area (Å²) in [5.74, 6) is 6.48. The Labute approximate surface area is 172 Å². The lowest BCUT2D eigenvalue weighted by Crippen LogP contribution is -2.27. The highest BCUT2D eigenvalue weighted by molar-refractivity contribution is 7.89. The van der Waals surface area contributed by atoms with Crippen LogP contribution in [0.5, 0.6) is 0 Å². The zero-order valence-corrected chi connectivity index (χ0v) is 17.3. The van der Waals surface area contributed by atoms with Crippen LogP contribution in [-0.4, -0.2) is 10.7 Å². The SMILES string of the molecule is C=C/C=C\C(=C\N[S+]([O-])c1cccc(N(N)/C=C(\N)CCC(C)C)c1)C(F)(F)F. The number of nitrogens with two attached hydrogens (primary N) is 2. The second-order valence-corrected chi connectivity index (χ2v) is 7.86. The van der Waals surface area contributed by atoms with Gasteiger partial charge in [0.1, 0.15) is 11.4 Å². The van der Waals surface area contributed by atoms with Gasteiger partial charge in [-0.05, 0) is 37.0 Å². The third-order valence-electron chi connectivity index (χ3n) is 3.71. The summed E-state index contributed by atoms with van der Waals surface area (Å²) < 4.78 is 53.5. The Kier molecular flexibility index (Phi) is 9.87. The van der Waals surface area contributed by atoms with Gasteiger partial charge < -0.3 is 10.3 Å². The monoisotopic (exact) mass is 428 g/mol. The maximum atomic E-state index is 13.0. The number of hydrogen-bond donors (Lipinski definition) is 3. The van der Waals surface area contributed by atoms with Crippen LogP contribution in [0.4, 0.5) is 18.9 Å². The van der Waals surface area contributed by atoms with Crippen LogP contribution in [0.1, 0.15) is 26.7 Å². The molecule has 0 saturated carbocycles. The van der Waals surface area contributed by atoms with E-state index in [1.807, 2.05) is 0 Å². The van der Waals surface area contributed by atoms with Crippen LogP contribution in [0.2, 0.25) is 0 Å². The number of hydrazine groups is 1. The number of anilines is 1. The number of benzene rings is 1. The quantitative estimate of drug-likeness (QED) is 0.222. The molecule has 0 heterocycles. The van der Waals surface area contributed by atoms with E-state index in [4.69, 9.17) is 11.6 Å². The number of halogens is 3. The molecule has 0 aliphatic carbocycles. The summed E-state index contributed by atoms with van der Waals surface area (Å²) in [6.07, 6.45) is 2.43. The van der Waals surface area contributed by atoms with Gasteiger partial charge in [-0.15, -0.1) is 0 Å². The molecule has 5 N–H and O–H groups in total. The van der Waals surface area contributed by atoms with Gasteiger partial charge in [0.15, 0.2) is 4.90 Å². The molecule has 9 heteroatoms. The van der Waals surface area contributed by atoms with Gasteiger partial charge in [-0.25, -0.2) is 10.6 Å². The van der Waals surface area contributed by atoms with E-state index < -0.39 is 23.1 Å². The zero-order chi connectivity index (χ0) is 22.0. The molecule has 0 saturated heterocycles. The minimum absolute atomic E-state index is 0.262. The molecule has 0 spiro atoms. The lowest BCUT2D eigenvalue weighted by Gasteiger charge is -2.17. The van der Waals surface area contributed by atoms with Gasteiger partial charge in [0, 0.05) is 18.0 Å². The summed E-state index contributed by atoms with van der Waals surface area (Å²) >= 11 is -1.91. The maximum Gasteiger partial charge on any atom is 0.417 e. The first-order chi connectivity index (χ1) is 13.5. The molecule has 0 fully saturated rings. The first-order valence-corrected chi connectivity index (χ1v) is 10.0. The molecule has 0 bridgehead atoms. The van der Waals surface area contributed by atoms with E-state index in [2.05, 4.69) is 25.1 Å². The number of allylic oxidation sites excluding steroid dienone is 5. The van der Waals surface area contributed by atoms with E-state index in [0.717, 1.165) is 18.6 Å². The van der Waals surface area contributed by atoms with Gasteiger partial charge in [-0.2, -0.15) is 13.2 Å². The molecular weight excluding hydrogens is 401 g/mol. The molecule has 0 aliphatic heterocycles. The largest absolute Gasteiger partial charge is 0.588 e. The predicted octanol–water partition coefficient (Wildman–Crippen LogP) is 4.40. The second kappa shape index (κ2) is 11.6. The highest BCUT2D eigenvalue weighted by atomic mass is 32.2. The van der Waals surface area contributed by atoms with Crippen molar-refractivity contribution in [1.82, 2.24) is 4.72 Å². The molecule has 0 amide bonds. The normalized spacial score (nSPS) is 14.3. The lowest BCUT2D eigenvalue weighted by molar-refractivity contribution is -0.0884. The Morgan fingerprint density at radius 2 is 2.07 bits per heavy atom. The van der Waals surface area contributed by atoms with E-state index >= 15 is 0 Å². The third kappa shape index (κ3) is 9.12. The van der Waals surface area contributed by atoms with Crippen LogP contribution in [0, 0.1) is 5.92 Å². The Bertz CT molecular complexity index is 760. The van der Waals surface area contributed by atoms with Crippen LogP contribution >= 0.6 is 0 Å². The van der Waals surface area contributed by atoms with Gasteiger partial charge in [-0.1, -0.05) is 38.6 Å². The Morgan fingerprint density at radius 1 is 1.38 bits per heavy atom. The van der Waals surface area contributed by atoms with Crippen LogP contribution in [0.3, 0.4) is 0 Å². The van der Waals surface area contributed by atoms with Gasteiger partial charge in [0.25, 0.3) is 0 Å². The molecule has 5 nitrogen and oxygen atoms in total. The third-order valence-corrected chi connectivity index (χ3v) is 4.72. The fourth-order valence-electron chi connectivity index (χ4n) is 2.11. The Balaban J connectivity index is 2.92. The van der Waals surface area contributed by atoms with E-state index in [9.17, 15) is 17.7 Å². The van der Waals surface area contributed by atoms with Crippen molar-refractivity contribution in [2.24, 2.45) is 17.5 Å². The summed E-state index contributed by atoms with van der Waals surface area (Å²) in [7, 11) is 0. The van der Waals surface area contributed by atoms with Crippen LogP contribution in [0.15, 0.2) is 77.6 Å². The van der Waals surface area contributed by atoms with Crippen molar-refractivity contribution in [1.29, 1.82) is 0 Å². The fourth-order valence-corrected chi connectivity index (χ4v) is 2.91. The highest BCUT2D eigenvalue weighted by Gasteiger charge is 2.32. The minimum Gasteiger partial charge on any atom is -0.588 e. The smallest absolute Gasteiger partial charge is 0.417 e. The molecule has 1 atom stereocenters. The van der Waals surface area contributed by atoms with Gasteiger partial charge in [-0.3, -0.25) is 5.01 Å². The van der Waals surface area contributed by atoms with Crippen molar-refractivity contribution >= 4 is 17.0 Å². The van der Waals surface area contributed by atoms with Crippen molar-refractivity contribution in [2.75, 3.05) is 5.01 Å². The summed E-state index contributed by atoms with van der Waals surface area (Å²) in [6, 6.07) is 6.31. The number of alkyl halides is 3. The van der Waals surface area contributed by atoms with E-state index in [0.29, 0.717) is 29.9 Å². The fraction of sp³-hybridized carbons (Fsp3) is 0.300. The summed E-state index contributed by atoms with van der Waals surface area (Å²) in [5.41, 5.74) is 6.07. The topological polar surface area (TPSA) is 90.4 Å². The van der Waals surface area contributed by atoms with Crippen molar-refractivity contribution in [3.05, 3.63) is 72.7 Å². The first-order valence-electron chi connectivity index (χ1n) is 8.89. The van der Waals surface area contributed by atoms with Crippen LogP contribution in [0.25, 0.3) is 0 Å². The minimum atomic E-state index is -4.59. The predicted molar refractivity (Wildman–Crippen MR) is 112 cm³/mol. The molecule has 1 aromatic carbocycles. The number of nitrogens with one attached hydrogen (secondary N) is 1. The maximum absolute atomic E-state index is 13.0. The zero-order valence-electron chi connectivity index (χ0n) is 16.4.